The van der Waals surface area contributed by atoms with E-state index in [4.69, 9.17) is 0 Å². The quantitative estimate of drug-likeness (QED) is 0.882. The Hall–Kier alpha value is -1.59. The van der Waals surface area contributed by atoms with E-state index >= 15 is 0 Å². The summed E-state index contributed by atoms with van der Waals surface area (Å²) >= 11 is 0. The largest absolute Gasteiger partial charge is 0.385 e. The van der Waals surface area contributed by atoms with Gasteiger partial charge in [-0.05, 0) is 44.3 Å². The summed E-state index contributed by atoms with van der Waals surface area (Å²) in [7, 11) is 0. The van der Waals surface area contributed by atoms with Crippen LogP contribution in [0, 0.1) is 0 Å². The van der Waals surface area contributed by atoms with E-state index in [-0.39, 0.29) is 6.03 Å². The molecule has 138 valence electrons. The highest BCUT2D eigenvalue weighted by atomic mass is 16.3. The lowest BCUT2D eigenvalue weighted by atomic mass is 9.84. The third-order valence-corrected chi connectivity index (χ3v) is 5.83. The molecule has 2 heterocycles. The number of carbonyl (C=O) groups excluding carboxylic acids is 1. The van der Waals surface area contributed by atoms with Gasteiger partial charge in [-0.1, -0.05) is 43.7 Å². The summed E-state index contributed by atoms with van der Waals surface area (Å²) < 4.78 is 0. The number of hydrogen-bond acceptors (Lipinski definition) is 3. The summed E-state index contributed by atoms with van der Waals surface area (Å²) in [5.74, 6) is 0. The van der Waals surface area contributed by atoms with Crippen LogP contribution in [0.1, 0.15) is 44.6 Å². The summed E-state index contributed by atoms with van der Waals surface area (Å²) in [6.07, 6.45) is 4.87. The number of nitrogens with one attached hydrogen (secondary N) is 1. The van der Waals surface area contributed by atoms with Crippen LogP contribution in [0.3, 0.4) is 0 Å². The molecule has 0 aromatic heterocycles. The van der Waals surface area contributed by atoms with E-state index in [9.17, 15) is 9.90 Å². The number of benzene rings is 1. The van der Waals surface area contributed by atoms with E-state index < -0.39 is 5.60 Å². The Kier molecular flexibility index (Phi) is 5.97. The fraction of sp³-hybridized carbons (Fsp3) is 0.650. The molecule has 0 spiro atoms. The van der Waals surface area contributed by atoms with Gasteiger partial charge in [-0.25, -0.2) is 4.79 Å². The zero-order chi connectivity index (χ0) is 17.7. The van der Waals surface area contributed by atoms with Crippen molar-refractivity contribution >= 4 is 6.03 Å². The molecule has 2 N–H and O–H groups in total. The molecule has 1 aromatic carbocycles. The standard InChI is InChI=1S/C20H31N3O2/c1-2-22-13-7-6-10-18(22)16-21-19(24)23-14-11-20(25,12-15-23)17-8-4-3-5-9-17/h3-5,8-9,18,25H,2,6-7,10-16H2,1H3,(H,21,24)/t18-/m0/s1. The van der Waals surface area contributed by atoms with Crippen LogP contribution in [0.4, 0.5) is 4.79 Å². The highest BCUT2D eigenvalue weighted by Crippen LogP contribution is 2.32. The number of rotatable bonds is 4. The zero-order valence-corrected chi connectivity index (χ0v) is 15.3. The minimum atomic E-state index is -0.805. The summed E-state index contributed by atoms with van der Waals surface area (Å²) in [6, 6.07) is 10.3. The minimum Gasteiger partial charge on any atom is -0.385 e. The van der Waals surface area contributed by atoms with Gasteiger partial charge >= 0.3 is 6.03 Å². The molecule has 1 aromatic rings. The molecule has 0 unspecified atom stereocenters. The zero-order valence-electron chi connectivity index (χ0n) is 15.3. The molecule has 0 bridgehead atoms. The maximum absolute atomic E-state index is 12.5. The van der Waals surface area contributed by atoms with Crippen molar-refractivity contribution in [2.24, 2.45) is 0 Å². The Morgan fingerprint density at radius 3 is 2.60 bits per heavy atom. The topological polar surface area (TPSA) is 55.8 Å². The van der Waals surface area contributed by atoms with Crippen molar-refractivity contribution in [2.75, 3.05) is 32.7 Å². The van der Waals surface area contributed by atoms with Crippen LogP contribution in [-0.4, -0.2) is 59.7 Å². The molecule has 0 aliphatic carbocycles. The van der Waals surface area contributed by atoms with Crippen LogP contribution in [0.15, 0.2) is 30.3 Å². The number of carbonyl (C=O) groups is 1. The van der Waals surface area contributed by atoms with Crippen LogP contribution in [0.5, 0.6) is 0 Å². The fourth-order valence-corrected chi connectivity index (χ4v) is 4.14. The normalized spacial score (nSPS) is 24.1. The Labute approximate surface area is 151 Å². The van der Waals surface area contributed by atoms with E-state index in [2.05, 4.69) is 17.1 Å². The number of nitrogens with zero attached hydrogens (tertiary/aromatic N) is 2. The lowest BCUT2D eigenvalue weighted by molar-refractivity contribution is -0.0169. The van der Waals surface area contributed by atoms with E-state index in [0.717, 1.165) is 25.2 Å². The van der Waals surface area contributed by atoms with Crippen molar-refractivity contribution in [2.45, 2.75) is 50.7 Å². The Morgan fingerprint density at radius 1 is 1.20 bits per heavy atom. The van der Waals surface area contributed by atoms with E-state index in [1.54, 1.807) is 0 Å². The maximum Gasteiger partial charge on any atom is 0.317 e. The molecule has 5 heteroatoms. The minimum absolute atomic E-state index is 0.0109. The Balaban J connectivity index is 1.48. The second-order valence-electron chi connectivity index (χ2n) is 7.35. The highest BCUT2D eigenvalue weighted by Gasteiger charge is 2.35. The van der Waals surface area contributed by atoms with Gasteiger partial charge < -0.3 is 15.3 Å². The van der Waals surface area contributed by atoms with Crippen molar-refractivity contribution < 1.29 is 9.90 Å². The molecule has 2 saturated heterocycles. The van der Waals surface area contributed by atoms with Crippen LogP contribution < -0.4 is 5.32 Å². The number of hydrogen-bond donors (Lipinski definition) is 2. The maximum atomic E-state index is 12.5. The number of likely N-dealkylation sites (tertiary alicyclic amines) is 2. The van der Waals surface area contributed by atoms with Gasteiger partial charge in [0.1, 0.15) is 0 Å². The van der Waals surface area contributed by atoms with Crippen LogP contribution in [-0.2, 0) is 5.60 Å². The first-order valence-electron chi connectivity index (χ1n) is 9.67. The van der Waals surface area contributed by atoms with Gasteiger partial charge in [0, 0.05) is 25.7 Å². The second kappa shape index (κ2) is 8.19. The molecule has 25 heavy (non-hydrogen) atoms. The molecule has 1 atom stereocenters. The van der Waals surface area contributed by atoms with Crippen molar-refractivity contribution in [1.29, 1.82) is 0 Å². The smallest absolute Gasteiger partial charge is 0.317 e. The first-order valence-corrected chi connectivity index (χ1v) is 9.67. The molecule has 2 aliphatic rings. The van der Waals surface area contributed by atoms with Crippen molar-refractivity contribution in [3.05, 3.63) is 35.9 Å². The summed E-state index contributed by atoms with van der Waals surface area (Å²) in [5.41, 5.74) is 0.149. The summed E-state index contributed by atoms with van der Waals surface area (Å²) in [6.45, 7) is 6.30. The Bertz CT molecular complexity index is 555. The molecule has 0 radical (unpaired) electrons. The average molecular weight is 345 g/mol. The lowest BCUT2D eigenvalue weighted by Crippen LogP contribution is -2.52. The second-order valence-corrected chi connectivity index (χ2v) is 7.35. The number of urea groups is 1. The Morgan fingerprint density at radius 2 is 1.92 bits per heavy atom. The van der Waals surface area contributed by atoms with Crippen molar-refractivity contribution in [1.82, 2.24) is 15.1 Å². The third-order valence-electron chi connectivity index (χ3n) is 5.83. The summed E-state index contributed by atoms with van der Waals surface area (Å²) in [5, 5.41) is 14.0. The van der Waals surface area contributed by atoms with E-state index in [1.807, 2.05) is 35.2 Å². The van der Waals surface area contributed by atoms with Gasteiger partial charge in [0.15, 0.2) is 0 Å². The van der Waals surface area contributed by atoms with Crippen molar-refractivity contribution in [3.8, 4) is 0 Å². The fourth-order valence-electron chi connectivity index (χ4n) is 4.14. The van der Waals surface area contributed by atoms with E-state index in [0.29, 0.717) is 32.0 Å². The molecule has 2 fully saturated rings. The van der Waals surface area contributed by atoms with Crippen LogP contribution >= 0.6 is 0 Å². The van der Waals surface area contributed by atoms with Gasteiger partial charge in [0.05, 0.1) is 5.60 Å². The van der Waals surface area contributed by atoms with Crippen LogP contribution in [0.25, 0.3) is 0 Å². The highest BCUT2D eigenvalue weighted by molar-refractivity contribution is 5.74. The predicted octanol–water partition coefficient (Wildman–Crippen LogP) is 2.55. The SMILES string of the molecule is CCN1CCCC[C@H]1CNC(=O)N1CCC(O)(c2ccccc2)CC1. The van der Waals surface area contributed by atoms with E-state index in [1.165, 1.54) is 19.3 Å². The average Bonchev–Trinajstić information content (AvgIpc) is 2.67. The number of likely N-dealkylation sites (N-methyl/N-ethyl adjacent to an activating group) is 1. The molecule has 2 aliphatic heterocycles. The monoisotopic (exact) mass is 345 g/mol. The molecule has 5 nitrogen and oxygen atoms in total. The summed E-state index contributed by atoms with van der Waals surface area (Å²) in [4.78, 5) is 16.8. The molecule has 2 amide bonds. The van der Waals surface area contributed by atoms with Gasteiger partial charge in [-0.15, -0.1) is 0 Å². The first-order chi connectivity index (χ1) is 12.1. The first kappa shape index (κ1) is 18.2. The van der Waals surface area contributed by atoms with Gasteiger partial charge in [0.25, 0.3) is 0 Å². The predicted molar refractivity (Wildman–Crippen MR) is 99.4 cm³/mol. The lowest BCUT2D eigenvalue weighted by Gasteiger charge is -2.39. The van der Waals surface area contributed by atoms with Gasteiger partial charge in [-0.3, -0.25) is 4.90 Å². The van der Waals surface area contributed by atoms with Gasteiger partial charge in [0.2, 0.25) is 0 Å². The van der Waals surface area contributed by atoms with Crippen LogP contribution in [0.2, 0.25) is 0 Å². The van der Waals surface area contributed by atoms with Gasteiger partial charge in [-0.2, -0.15) is 0 Å². The molecular formula is C20H31N3O2. The molecule has 3 rings (SSSR count). The number of aliphatic hydroxyl groups is 1. The molecular weight excluding hydrogens is 314 g/mol. The van der Waals surface area contributed by atoms with Crippen molar-refractivity contribution in [3.63, 3.8) is 0 Å². The molecule has 0 saturated carbocycles. The number of amides is 2. The number of piperidine rings is 2. The third kappa shape index (κ3) is 4.33.